The zero-order valence-electron chi connectivity index (χ0n) is 6.45. The summed E-state index contributed by atoms with van der Waals surface area (Å²) in [6, 6.07) is 0.301. The van der Waals surface area contributed by atoms with Crippen molar-refractivity contribution < 1.29 is 4.79 Å². The summed E-state index contributed by atoms with van der Waals surface area (Å²) in [7, 11) is 0. The topological polar surface area (TPSA) is 69.1 Å². The number of primary amides is 1. The minimum absolute atomic E-state index is 0. The first-order valence-electron chi connectivity index (χ1n) is 3.75. The molecule has 1 aliphatic rings. The van der Waals surface area contributed by atoms with Gasteiger partial charge in [-0.25, -0.2) is 0 Å². The summed E-state index contributed by atoms with van der Waals surface area (Å²) in [5.41, 5.74) is 10.8. The molecule has 0 unspecified atom stereocenters. The maximum atomic E-state index is 10.6. The number of carbonyl (C=O) groups excluding carboxylic acids is 1. The Labute approximate surface area is 72.9 Å². The van der Waals surface area contributed by atoms with E-state index in [1.54, 1.807) is 0 Å². The van der Waals surface area contributed by atoms with Crippen LogP contribution in [-0.2, 0) is 4.79 Å². The highest BCUT2D eigenvalue weighted by molar-refractivity contribution is 5.85. The highest BCUT2D eigenvalue weighted by atomic mass is 35.5. The lowest BCUT2D eigenvalue weighted by Gasteiger charge is -2.23. The number of halogens is 1. The number of hydrogen-bond donors (Lipinski definition) is 2. The van der Waals surface area contributed by atoms with Crippen LogP contribution in [0.25, 0.3) is 0 Å². The SMILES string of the molecule is Cl.NC(=O)[C@H]1CC[C@H](N)CC1. The van der Waals surface area contributed by atoms with Crippen molar-refractivity contribution in [3.63, 3.8) is 0 Å². The predicted octanol–water partition coefficient (Wildman–Crippen LogP) is 0.411. The minimum Gasteiger partial charge on any atom is -0.369 e. The monoisotopic (exact) mass is 178 g/mol. The number of nitrogens with two attached hydrogens (primary N) is 2. The van der Waals surface area contributed by atoms with E-state index in [1.165, 1.54) is 0 Å². The molecule has 0 heterocycles. The Morgan fingerprint density at radius 2 is 1.64 bits per heavy atom. The molecular formula is C7H15ClN2O. The van der Waals surface area contributed by atoms with Crippen molar-refractivity contribution in [1.82, 2.24) is 0 Å². The molecule has 0 saturated heterocycles. The van der Waals surface area contributed by atoms with Crippen LogP contribution in [0.15, 0.2) is 0 Å². The molecule has 1 saturated carbocycles. The van der Waals surface area contributed by atoms with E-state index in [0.717, 1.165) is 25.7 Å². The van der Waals surface area contributed by atoms with Gasteiger partial charge in [0.05, 0.1) is 0 Å². The third-order valence-corrected chi connectivity index (χ3v) is 2.17. The van der Waals surface area contributed by atoms with Crippen molar-refractivity contribution in [2.75, 3.05) is 0 Å². The molecule has 4 N–H and O–H groups in total. The zero-order chi connectivity index (χ0) is 7.56. The maximum absolute atomic E-state index is 10.6. The van der Waals surface area contributed by atoms with E-state index in [1.807, 2.05) is 0 Å². The van der Waals surface area contributed by atoms with Crippen molar-refractivity contribution in [2.45, 2.75) is 31.7 Å². The fourth-order valence-electron chi connectivity index (χ4n) is 1.40. The summed E-state index contributed by atoms with van der Waals surface area (Å²) >= 11 is 0. The average Bonchev–Trinajstić information content (AvgIpc) is 1.88. The third-order valence-electron chi connectivity index (χ3n) is 2.17. The summed E-state index contributed by atoms with van der Waals surface area (Å²) in [6.07, 6.45) is 3.67. The van der Waals surface area contributed by atoms with Crippen LogP contribution < -0.4 is 11.5 Å². The fraction of sp³-hybridized carbons (Fsp3) is 0.857. The van der Waals surface area contributed by atoms with Crippen LogP contribution in [-0.4, -0.2) is 11.9 Å². The first-order valence-corrected chi connectivity index (χ1v) is 3.75. The van der Waals surface area contributed by atoms with Gasteiger partial charge in [0.2, 0.25) is 5.91 Å². The molecule has 0 atom stereocenters. The molecule has 0 aromatic heterocycles. The molecular weight excluding hydrogens is 164 g/mol. The second kappa shape index (κ2) is 4.57. The molecule has 11 heavy (non-hydrogen) atoms. The van der Waals surface area contributed by atoms with Crippen molar-refractivity contribution in [2.24, 2.45) is 17.4 Å². The second-order valence-electron chi connectivity index (χ2n) is 3.01. The molecule has 1 amide bonds. The molecule has 0 spiro atoms. The first-order chi connectivity index (χ1) is 4.70. The van der Waals surface area contributed by atoms with E-state index in [2.05, 4.69) is 0 Å². The van der Waals surface area contributed by atoms with E-state index < -0.39 is 0 Å². The Morgan fingerprint density at radius 3 is 2.00 bits per heavy atom. The molecule has 1 fully saturated rings. The Morgan fingerprint density at radius 1 is 1.18 bits per heavy atom. The van der Waals surface area contributed by atoms with Crippen LogP contribution in [0.5, 0.6) is 0 Å². The van der Waals surface area contributed by atoms with E-state index in [4.69, 9.17) is 11.5 Å². The van der Waals surface area contributed by atoms with Crippen LogP contribution >= 0.6 is 12.4 Å². The largest absolute Gasteiger partial charge is 0.369 e. The Kier molecular flexibility index (Phi) is 4.45. The van der Waals surface area contributed by atoms with Crippen LogP contribution in [0.1, 0.15) is 25.7 Å². The maximum Gasteiger partial charge on any atom is 0.220 e. The summed E-state index contributed by atoms with van der Waals surface area (Å²) < 4.78 is 0. The zero-order valence-corrected chi connectivity index (χ0v) is 7.27. The van der Waals surface area contributed by atoms with Gasteiger partial charge >= 0.3 is 0 Å². The molecule has 0 aromatic carbocycles. The van der Waals surface area contributed by atoms with Gasteiger partial charge in [-0.2, -0.15) is 0 Å². The number of hydrogen-bond acceptors (Lipinski definition) is 2. The van der Waals surface area contributed by atoms with E-state index in [-0.39, 0.29) is 24.2 Å². The normalized spacial score (nSPS) is 30.6. The molecule has 3 nitrogen and oxygen atoms in total. The summed E-state index contributed by atoms with van der Waals surface area (Å²) in [6.45, 7) is 0. The summed E-state index contributed by atoms with van der Waals surface area (Å²) in [5.74, 6) is -0.0632. The van der Waals surface area contributed by atoms with E-state index in [0.29, 0.717) is 6.04 Å². The van der Waals surface area contributed by atoms with Crippen molar-refractivity contribution in [3.05, 3.63) is 0 Å². The molecule has 0 radical (unpaired) electrons. The number of amides is 1. The molecule has 0 aliphatic heterocycles. The van der Waals surface area contributed by atoms with Crippen LogP contribution in [0.2, 0.25) is 0 Å². The minimum atomic E-state index is -0.160. The number of rotatable bonds is 1. The fourth-order valence-corrected chi connectivity index (χ4v) is 1.40. The standard InChI is InChI=1S/C7H14N2O.ClH/c8-6-3-1-5(2-4-6)7(9)10;/h5-6H,1-4,8H2,(H2,9,10);1H/t5-,6-;. The summed E-state index contributed by atoms with van der Waals surface area (Å²) in [5, 5.41) is 0. The van der Waals surface area contributed by atoms with Gasteiger partial charge in [-0.3, -0.25) is 4.79 Å². The van der Waals surface area contributed by atoms with Gasteiger partial charge in [0.25, 0.3) is 0 Å². The lowest BCUT2D eigenvalue weighted by atomic mass is 9.86. The van der Waals surface area contributed by atoms with Gasteiger partial charge in [0.1, 0.15) is 0 Å². The Hall–Kier alpha value is -0.280. The van der Waals surface area contributed by atoms with Crippen molar-refractivity contribution in [1.29, 1.82) is 0 Å². The molecule has 1 aliphatic carbocycles. The van der Waals surface area contributed by atoms with E-state index >= 15 is 0 Å². The van der Waals surface area contributed by atoms with Gasteiger partial charge in [-0.1, -0.05) is 0 Å². The van der Waals surface area contributed by atoms with Crippen molar-refractivity contribution in [3.8, 4) is 0 Å². The molecule has 0 aromatic rings. The highest BCUT2D eigenvalue weighted by Crippen LogP contribution is 2.22. The average molecular weight is 179 g/mol. The van der Waals surface area contributed by atoms with Gasteiger partial charge in [0.15, 0.2) is 0 Å². The van der Waals surface area contributed by atoms with Gasteiger partial charge < -0.3 is 11.5 Å². The molecule has 0 bridgehead atoms. The lowest BCUT2D eigenvalue weighted by Crippen LogP contribution is -2.32. The van der Waals surface area contributed by atoms with Crippen LogP contribution in [0.3, 0.4) is 0 Å². The van der Waals surface area contributed by atoms with Crippen LogP contribution in [0, 0.1) is 5.92 Å². The van der Waals surface area contributed by atoms with Crippen molar-refractivity contribution >= 4 is 18.3 Å². The summed E-state index contributed by atoms with van der Waals surface area (Å²) in [4.78, 5) is 10.6. The van der Waals surface area contributed by atoms with Gasteiger partial charge in [-0.05, 0) is 25.7 Å². The Balaban J connectivity index is 0.000001000. The van der Waals surface area contributed by atoms with E-state index in [9.17, 15) is 4.79 Å². The first kappa shape index (κ1) is 10.7. The molecule has 4 heteroatoms. The smallest absolute Gasteiger partial charge is 0.220 e. The van der Waals surface area contributed by atoms with Crippen LogP contribution in [0.4, 0.5) is 0 Å². The highest BCUT2D eigenvalue weighted by Gasteiger charge is 2.21. The number of carbonyl (C=O) groups is 1. The van der Waals surface area contributed by atoms with Gasteiger partial charge in [0, 0.05) is 12.0 Å². The second-order valence-corrected chi connectivity index (χ2v) is 3.01. The van der Waals surface area contributed by atoms with Gasteiger partial charge in [-0.15, -0.1) is 12.4 Å². The Bertz CT molecular complexity index is 132. The third kappa shape index (κ3) is 3.08. The lowest BCUT2D eigenvalue weighted by molar-refractivity contribution is -0.122. The predicted molar refractivity (Wildman–Crippen MR) is 46.4 cm³/mol. The quantitative estimate of drug-likeness (QED) is 0.611. The molecule has 66 valence electrons. The molecule has 1 rings (SSSR count).